The van der Waals surface area contributed by atoms with Crippen LogP contribution in [0.15, 0.2) is 18.2 Å². The van der Waals surface area contributed by atoms with E-state index in [1.807, 2.05) is 0 Å². The molecule has 0 aromatic heterocycles. The second-order valence-electron chi connectivity index (χ2n) is 4.73. The van der Waals surface area contributed by atoms with Gasteiger partial charge < -0.3 is 10.2 Å². The number of amides is 2. The Labute approximate surface area is 111 Å². The molecule has 0 spiro atoms. The van der Waals surface area contributed by atoms with Crippen LogP contribution < -0.4 is 5.32 Å². The molecular formula is C14H17FN2O2. The molecule has 1 atom stereocenters. The van der Waals surface area contributed by atoms with Crippen LogP contribution in [0, 0.1) is 12.7 Å². The van der Waals surface area contributed by atoms with E-state index in [1.54, 1.807) is 18.9 Å². The fraction of sp³-hybridized carbons (Fsp3) is 0.429. The van der Waals surface area contributed by atoms with Crippen molar-refractivity contribution in [2.75, 3.05) is 13.6 Å². The number of carbonyl (C=O) groups excluding carboxylic acids is 2. The van der Waals surface area contributed by atoms with Gasteiger partial charge in [0.05, 0.1) is 0 Å². The number of carbonyl (C=O) groups is 2. The smallest absolute Gasteiger partial charge is 0.254 e. The Hall–Kier alpha value is -1.91. The van der Waals surface area contributed by atoms with Crippen molar-refractivity contribution in [1.29, 1.82) is 0 Å². The van der Waals surface area contributed by atoms with Crippen molar-refractivity contribution in [1.82, 2.24) is 10.2 Å². The maximum absolute atomic E-state index is 13.2. The van der Waals surface area contributed by atoms with Crippen LogP contribution in [0.1, 0.15) is 28.8 Å². The average molecular weight is 264 g/mol. The third-order valence-corrected chi connectivity index (χ3v) is 3.47. The number of hydrogen-bond acceptors (Lipinski definition) is 2. The van der Waals surface area contributed by atoms with E-state index in [-0.39, 0.29) is 17.6 Å². The zero-order valence-corrected chi connectivity index (χ0v) is 11.1. The van der Waals surface area contributed by atoms with Gasteiger partial charge >= 0.3 is 0 Å². The highest BCUT2D eigenvalue weighted by Gasteiger charge is 2.33. The monoisotopic (exact) mass is 264 g/mol. The predicted octanol–water partition coefficient (Wildman–Crippen LogP) is 1.48. The van der Waals surface area contributed by atoms with Gasteiger partial charge in [-0.1, -0.05) is 0 Å². The Morgan fingerprint density at radius 3 is 2.79 bits per heavy atom. The van der Waals surface area contributed by atoms with E-state index in [4.69, 9.17) is 0 Å². The van der Waals surface area contributed by atoms with E-state index >= 15 is 0 Å². The van der Waals surface area contributed by atoms with Crippen LogP contribution in [-0.4, -0.2) is 36.3 Å². The summed E-state index contributed by atoms with van der Waals surface area (Å²) in [4.78, 5) is 25.6. The Morgan fingerprint density at radius 1 is 1.42 bits per heavy atom. The molecule has 0 radical (unpaired) electrons. The number of nitrogens with zero attached hydrogens (tertiary/aromatic N) is 1. The van der Waals surface area contributed by atoms with Crippen LogP contribution in [-0.2, 0) is 4.79 Å². The molecule has 1 unspecified atom stereocenters. The van der Waals surface area contributed by atoms with Crippen LogP contribution in [0.5, 0.6) is 0 Å². The summed E-state index contributed by atoms with van der Waals surface area (Å²) in [5.41, 5.74) is 0.858. The fourth-order valence-corrected chi connectivity index (χ4v) is 2.39. The van der Waals surface area contributed by atoms with Gasteiger partial charge in [-0.3, -0.25) is 9.59 Å². The number of likely N-dealkylation sites (tertiary alicyclic amines) is 1. The minimum Gasteiger partial charge on any atom is -0.357 e. The van der Waals surface area contributed by atoms with Crippen molar-refractivity contribution in [2.45, 2.75) is 25.8 Å². The highest BCUT2D eigenvalue weighted by atomic mass is 19.1. The largest absolute Gasteiger partial charge is 0.357 e. The number of nitrogens with one attached hydrogen (secondary N) is 1. The van der Waals surface area contributed by atoms with E-state index < -0.39 is 6.04 Å². The SMILES string of the molecule is CNC(=O)C1CCCN1C(=O)c1ccc(F)c(C)c1. The lowest BCUT2D eigenvalue weighted by Gasteiger charge is -2.23. The molecule has 1 saturated heterocycles. The molecule has 1 aliphatic rings. The summed E-state index contributed by atoms with van der Waals surface area (Å²) in [5, 5.41) is 2.57. The highest BCUT2D eigenvalue weighted by Crippen LogP contribution is 2.21. The maximum atomic E-state index is 13.2. The molecule has 1 N–H and O–H groups in total. The van der Waals surface area contributed by atoms with Crippen LogP contribution in [0.25, 0.3) is 0 Å². The molecule has 1 aromatic carbocycles. The molecule has 4 nitrogen and oxygen atoms in total. The van der Waals surface area contributed by atoms with Crippen molar-refractivity contribution in [2.24, 2.45) is 0 Å². The molecule has 19 heavy (non-hydrogen) atoms. The molecule has 0 aliphatic carbocycles. The van der Waals surface area contributed by atoms with Crippen molar-refractivity contribution in [3.63, 3.8) is 0 Å². The van der Waals surface area contributed by atoms with Gasteiger partial charge in [0.2, 0.25) is 5.91 Å². The molecule has 1 aliphatic heterocycles. The van der Waals surface area contributed by atoms with Gasteiger partial charge in [-0.05, 0) is 43.5 Å². The van der Waals surface area contributed by atoms with Gasteiger partial charge in [-0.15, -0.1) is 0 Å². The summed E-state index contributed by atoms with van der Waals surface area (Å²) in [6.45, 7) is 2.18. The molecule has 0 saturated carbocycles. The minimum absolute atomic E-state index is 0.148. The topological polar surface area (TPSA) is 49.4 Å². The zero-order valence-electron chi connectivity index (χ0n) is 11.1. The standard InChI is InChI=1S/C14H17FN2O2/c1-9-8-10(5-6-11(9)15)14(19)17-7-3-4-12(17)13(18)16-2/h5-6,8,12H,3-4,7H2,1-2H3,(H,16,18). The normalized spacial score (nSPS) is 18.5. The van der Waals surface area contributed by atoms with Gasteiger partial charge in [-0.25, -0.2) is 4.39 Å². The number of likely N-dealkylation sites (N-methyl/N-ethyl adjacent to an activating group) is 1. The fourth-order valence-electron chi connectivity index (χ4n) is 2.39. The number of rotatable bonds is 2. The Kier molecular flexibility index (Phi) is 3.83. The zero-order chi connectivity index (χ0) is 14.0. The first-order valence-electron chi connectivity index (χ1n) is 6.33. The first-order chi connectivity index (χ1) is 9.04. The predicted molar refractivity (Wildman–Crippen MR) is 69.3 cm³/mol. The number of halogens is 1. The Bertz CT molecular complexity index is 516. The number of hydrogen-bond donors (Lipinski definition) is 1. The van der Waals surface area contributed by atoms with E-state index in [2.05, 4.69) is 5.32 Å². The molecule has 1 aromatic rings. The summed E-state index contributed by atoms with van der Waals surface area (Å²) in [6.07, 6.45) is 1.48. The molecule has 1 fully saturated rings. The van der Waals surface area contributed by atoms with Crippen molar-refractivity contribution >= 4 is 11.8 Å². The second-order valence-corrected chi connectivity index (χ2v) is 4.73. The molecular weight excluding hydrogens is 247 g/mol. The minimum atomic E-state index is -0.414. The summed E-state index contributed by atoms with van der Waals surface area (Å²) >= 11 is 0. The quantitative estimate of drug-likeness (QED) is 0.879. The maximum Gasteiger partial charge on any atom is 0.254 e. The van der Waals surface area contributed by atoms with Crippen LogP contribution in [0.2, 0.25) is 0 Å². The Balaban J connectivity index is 2.23. The van der Waals surface area contributed by atoms with E-state index in [0.29, 0.717) is 24.1 Å². The van der Waals surface area contributed by atoms with E-state index in [9.17, 15) is 14.0 Å². The second kappa shape index (κ2) is 5.38. The van der Waals surface area contributed by atoms with E-state index in [1.165, 1.54) is 18.2 Å². The molecule has 2 amide bonds. The Morgan fingerprint density at radius 2 is 2.16 bits per heavy atom. The van der Waals surface area contributed by atoms with E-state index in [0.717, 1.165) is 6.42 Å². The molecule has 102 valence electrons. The summed E-state index contributed by atoms with van der Waals surface area (Å²) in [5.74, 6) is -0.695. The lowest BCUT2D eigenvalue weighted by Crippen LogP contribution is -2.44. The summed E-state index contributed by atoms with van der Waals surface area (Å²) in [7, 11) is 1.56. The van der Waals surface area contributed by atoms with Crippen LogP contribution in [0.3, 0.4) is 0 Å². The van der Waals surface area contributed by atoms with Crippen molar-refractivity contribution < 1.29 is 14.0 Å². The van der Waals surface area contributed by atoms with Crippen LogP contribution >= 0.6 is 0 Å². The van der Waals surface area contributed by atoms with Crippen LogP contribution in [0.4, 0.5) is 4.39 Å². The molecule has 2 rings (SSSR count). The summed E-state index contributed by atoms with van der Waals surface area (Å²) < 4.78 is 13.2. The number of aryl methyl sites for hydroxylation is 1. The summed E-state index contributed by atoms with van der Waals surface area (Å²) in [6, 6.07) is 3.86. The lowest BCUT2D eigenvalue weighted by atomic mass is 10.1. The molecule has 5 heteroatoms. The number of benzene rings is 1. The van der Waals surface area contributed by atoms with Crippen molar-refractivity contribution in [3.8, 4) is 0 Å². The average Bonchev–Trinajstić information content (AvgIpc) is 2.89. The van der Waals surface area contributed by atoms with Gasteiger partial charge in [0, 0.05) is 19.2 Å². The third kappa shape index (κ3) is 2.59. The first kappa shape index (κ1) is 13.5. The van der Waals surface area contributed by atoms with Gasteiger partial charge in [0.15, 0.2) is 0 Å². The third-order valence-electron chi connectivity index (χ3n) is 3.47. The van der Waals surface area contributed by atoms with Gasteiger partial charge in [0.25, 0.3) is 5.91 Å². The highest BCUT2D eigenvalue weighted by molar-refractivity contribution is 5.98. The molecule has 0 bridgehead atoms. The van der Waals surface area contributed by atoms with Gasteiger partial charge in [0.1, 0.15) is 11.9 Å². The molecule has 1 heterocycles. The van der Waals surface area contributed by atoms with Gasteiger partial charge in [-0.2, -0.15) is 0 Å². The van der Waals surface area contributed by atoms with Crippen molar-refractivity contribution in [3.05, 3.63) is 35.1 Å². The lowest BCUT2D eigenvalue weighted by molar-refractivity contribution is -0.124. The first-order valence-corrected chi connectivity index (χ1v) is 6.33.